The first-order chi connectivity index (χ1) is 28.0. The predicted octanol–water partition coefficient (Wildman–Crippen LogP) is -1.33. The zero-order valence-corrected chi connectivity index (χ0v) is 44.7. The topological polar surface area (TPSA) is 345 Å². The van der Waals surface area contributed by atoms with E-state index >= 15 is 0 Å². The molecule has 0 aromatic rings. The molecule has 0 spiro atoms. The molecule has 0 radical (unpaired) electrons. The maximum atomic E-state index is 7.00. The second-order valence-corrected chi connectivity index (χ2v) is 20.5. The van der Waals surface area contributed by atoms with Crippen molar-refractivity contribution in [1.29, 1.82) is 0 Å². The highest BCUT2D eigenvalue weighted by Crippen LogP contribution is 2.15. The van der Waals surface area contributed by atoms with Gasteiger partial charge in [-0.1, -0.05) is 13.8 Å². The van der Waals surface area contributed by atoms with E-state index in [2.05, 4.69) is 0 Å². The maximum absolute atomic E-state index is 7.00. The molecule has 0 heterocycles. The van der Waals surface area contributed by atoms with Gasteiger partial charge < -0.3 is 111 Å². The fourth-order valence-corrected chi connectivity index (χ4v) is 9.35. The Morgan fingerprint density at radius 1 is 0.276 bits per heavy atom. The Morgan fingerprint density at radius 3 is 0.448 bits per heavy atom. The molecule has 0 atom stereocenters. The van der Waals surface area contributed by atoms with E-state index in [0.717, 1.165) is 101 Å². The molecule has 0 aliphatic carbocycles. The van der Waals surface area contributed by atoms with Crippen LogP contribution in [0.5, 0.6) is 0 Å². The van der Waals surface area contributed by atoms with Crippen LogP contribution >= 0.6 is 0 Å². The highest BCUT2D eigenvalue weighted by molar-refractivity contribution is 6.61. The molecule has 0 bridgehead atoms. The summed E-state index contributed by atoms with van der Waals surface area (Å²) >= 11 is 0. The van der Waals surface area contributed by atoms with Gasteiger partial charge in [0.1, 0.15) is 0 Å². The zero-order chi connectivity index (χ0) is 50.1. The van der Waals surface area contributed by atoms with Gasteiger partial charge in [-0.3, -0.25) is 0 Å². The lowest BCUT2D eigenvalue weighted by atomic mass is 10.5. The van der Waals surface area contributed by atoms with Crippen molar-refractivity contribution in [3.05, 3.63) is 0 Å². The zero-order valence-electron chi connectivity index (χ0n) is 40.7. The van der Waals surface area contributed by atoms with E-state index in [-0.39, 0.29) is 0 Å². The van der Waals surface area contributed by atoms with Gasteiger partial charge in [0.2, 0.25) is 0 Å². The molecule has 0 saturated carbocycles. The lowest BCUT2D eigenvalue weighted by molar-refractivity contribution is 0.122. The highest BCUT2D eigenvalue weighted by Gasteiger charge is 2.37. The Balaban J connectivity index is -0.0000000373. The average Bonchev–Trinajstić information content (AvgIpc) is 3.36. The summed E-state index contributed by atoms with van der Waals surface area (Å²) in [4.78, 5) is 0. The smallest absolute Gasteiger partial charge is 0.400 e. The Bertz CT molecular complexity index is 445. The monoisotopic (exact) mass is 947 g/mol. The van der Waals surface area contributed by atoms with E-state index in [1.165, 1.54) is 0 Å². The first-order valence-corrected chi connectivity index (χ1v) is 24.7. The summed E-state index contributed by atoms with van der Waals surface area (Å²) in [6, 6.07) is 3.20. The van der Waals surface area contributed by atoms with Crippen molar-refractivity contribution in [3.63, 3.8) is 0 Å². The summed E-state index contributed by atoms with van der Waals surface area (Å²) in [5.74, 6) is 0. The van der Waals surface area contributed by atoms with Crippen molar-refractivity contribution in [2.45, 2.75) is 50.9 Å². The van der Waals surface area contributed by atoms with E-state index in [4.69, 9.17) is 111 Å². The van der Waals surface area contributed by atoms with E-state index < -0.39 is 35.2 Å². The van der Waals surface area contributed by atoms with Gasteiger partial charge in [0, 0.05) is 173 Å². The second-order valence-electron chi connectivity index (χ2n) is 7.67. The van der Waals surface area contributed by atoms with Crippen LogP contribution in [0.15, 0.2) is 0 Å². The standard InChI is InChI=1S/2C6H17NO3Si.2C5H14O3Si.9CH4O/c2*1-8-11(9-2,10-3)6-4-5-7;2*1-5-9(6-2,7-3)8-4;9*1-2/h2*4-7H2,1-3H3;2*5H2,1-4H3;9*2H,1H3. The first kappa shape index (κ1) is 93.0. The SMILES string of the molecule is CC[Si](OC)(OC)OC.CC[Si](OC)(OC)OC.CO.CO.CO.CO.CO.CO.CO.CO.CO.CO[Si](CCCN)(OC)OC.CO[Si](CCCN)(OC)OC. The Kier molecular flexibility index (Phi) is 148. The molecule has 0 aliphatic rings. The Labute approximate surface area is 358 Å². The molecule has 374 valence electrons. The molecule has 13 N–H and O–H groups in total. The van der Waals surface area contributed by atoms with Gasteiger partial charge >= 0.3 is 35.2 Å². The predicted molar refractivity (Wildman–Crippen MR) is 238 cm³/mol. The van der Waals surface area contributed by atoms with Gasteiger partial charge in [0.05, 0.1) is 0 Å². The minimum atomic E-state index is -2.32. The van der Waals surface area contributed by atoms with E-state index in [0.29, 0.717) is 13.1 Å². The molecular formula is C31H98N2O21Si4. The number of aliphatic hydroxyl groups excluding tert-OH is 9. The van der Waals surface area contributed by atoms with Crippen molar-refractivity contribution < 1.29 is 99.1 Å². The number of hydrogen-bond acceptors (Lipinski definition) is 23. The second kappa shape index (κ2) is 92.3. The largest absolute Gasteiger partial charge is 0.500 e. The summed E-state index contributed by atoms with van der Waals surface area (Å²) in [6.45, 7) is 5.26. The molecule has 0 aliphatic heterocycles. The molecule has 27 heteroatoms. The van der Waals surface area contributed by atoms with Crippen molar-refractivity contribution in [2.75, 3.05) is 162 Å². The minimum absolute atomic E-state index is 0.644. The van der Waals surface area contributed by atoms with Crippen LogP contribution in [0.4, 0.5) is 0 Å². The lowest BCUT2D eigenvalue weighted by Gasteiger charge is -2.23. The maximum Gasteiger partial charge on any atom is 0.500 e. The van der Waals surface area contributed by atoms with Crippen molar-refractivity contribution >= 4 is 35.2 Å². The van der Waals surface area contributed by atoms with Crippen LogP contribution < -0.4 is 11.5 Å². The quantitative estimate of drug-likeness (QED) is 0.0630. The third-order valence-electron chi connectivity index (χ3n) is 5.97. The fraction of sp³-hybridized carbons (Fsp3) is 1.00. The number of nitrogens with two attached hydrogens (primary N) is 2. The highest BCUT2D eigenvalue weighted by atomic mass is 28.4. The van der Waals surface area contributed by atoms with E-state index in [1.807, 2.05) is 13.8 Å². The minimum Gasteiger partial charge on any atom is -0.400 e. The lowest BCUT2D eigenvalue weighted by Crippen LogP contribution is -2.42. The van der Waals surface area contributed by atoms with Gasteiger partial charge in [-0.25, -0.2) is 0 Å². The van der Waals surface area contributed by atoms with Crippen LogP contribution in [0.25, 0.3) is 0 Å². The van der Waals surface area contributed by atoms with Crippen LogP contribution in [-0.2, 0) is 53.1 Å². The molecule has 0 aromatic carbocycles. The molecule has 0 unspecified atom stereocenters. The Morgan fingerprint density at radius 2 is 0.397 bits per heavy atom. The molecule has 0 aromatic heterocycles. The van der Waals surface area contributed by atoms with Crippen LogP contribution in [0, 0.1) is 0 Å². The van der Waals surface area contributed by atoms with E-state index in [9.17, 15) is 0 Å². The first-order valence-electron chi connectivity index (χ1n) is 17.0. The average molecular weight is 947 g/mol. The summed E-state index contributed by atoms with van der Waals surface area (Å²) < 4.78 is 61.5. The van der Waals surface area contributed by atoms with Crippen LogP contribution in [0.2, 0.25) is 24.2 Å². The summed E-state index contributed by atoms with van der Waals surface area (Å²) in [6.07, 6.45) is 1.75. The van der Waals surface area contributed by atoms with Crippen LogP contribution in [0.3, 0.4) is 0 Å². The molecule has 0 fully saturated rings. The van der Waals surface area contributed by atoms with Crippen LogP contribution in [-0.4, -0.2) is 244 Å². The molecule has 0 rings (SSSR count). The summed E-state index contributed by atoms with van der Waals surface area (Å²) in [5.41, 5.74) is 10.7. The summed E-state index contributed by atoms with van der Waals surface area (Å²) in [7, 11) is 19.3. The van der Waals surface area contributed by atoms with Crippen molar-refractivity contribution in [1.82, 2.24) is 0 Å². The van der Waals surface area contributed by atoms with Gasteiger partial charge in [0.25, 0.3) is 0 Å². The molecule has 0 amide bonds. The van der Waals surface area contributed by atoms with Gasteiger partial charge in [0.15, 0.2) is 0 Å². The summed E-state index contributed by atoms with van der Waals surface area (Å²) in [5, 5.41) is 63.0. The van der Waals surface area contributed by atoms with Gasteiger partial charge in [-0.15, -0.1) is 0 Å². The molecule has 58 heavy (non-hydrogen) atoms. The van der Waals surface area contributed by atoms with Gasteiger partial charge in [-0.05, 0) is 25.9 Å². The van der Waals surface area contributed by atoms with Crippen LogP contribution in [0.1, 0.15) is 26.7 Å². The normalized spacial score (nSPS) is 9.21. The number of aliphatic hydroxyl groups is 9. The third kappa shape index (κ3) is 62.6. The number of hydrogen-bond donors (Lipinski definition) is 11. The van der Waals surface area contributed by atoms with Crippen molar-refractivity contribution in [3.8, 4) is 0 Å². The van der Waals surface area contributed by atoms with Crippen molar-refractivity contribution in [2.24, 2.45) is 11.5 Å². The fourth-order valence-electron chi connectivity index (χ4n) is 3.12. The molecular weight excluding hydrogens is 849 g/mol. The van der Waals surface area contributed by atoms with Gasteiger partial charge in [-0.2, -0.15) is 0 Å². The number of rotatable bonds is 20. The third-order valence-corrected chi connectivity index (χ3v) is 17.1. The molecule has 23 nitrogen and oxygen atoms in total. The Hall–Kier alpha value is -0.0525. The molecule has 0 saturated heterocycles. The van der Waals surface area contributed by atoms with E-state index in [1.54, 1.807) is 85.3 Å².